The van der Waals surface area contributed by atoms with Crippen LogP contribution in [0.15, 0.2) is 48.9 Å². The Balaban J connectivity index is 1.41. The first kappa shape index (κ1) is 24.5. The van der Waals surface area contributed by atoms with Crippen LogP contribution in [0.3, 0.4) is 0 Å². The van der Waals surface area contributed by atoms with Gasteiger partial charge in [0.1, 0.15) is 34.9 Å². The normalized spacial score (nSPS) is 17.6. The Kier molecular flexibility index (Phi) is 6.54. The minimum atomic E-state index is -0.431. The van der Waals surface area contributed by atoms with E-state index in [1.807, 2.05) is 6.07 Å². The first-order chi connectivity index (χ1) is 18.5. The van der Waals surface area contributed by atoms with Crippen LogP contribution in [0, 0.1) is 5.82 Å². The van der Waals surface area contributed by atoms with E-state index in [1.54, 1.807) is 30.5 Å². The fourth-order valence-corrected chi connectivity index (χ4v) is 5.99. The molecule has 2 atom stereocenters. The molecule has 0 spiro atoms. The zero-order valence-corrected chi connectivity index (χ0v) is 21.9. The Hall–Kier alpha value is -3.83. The second-order valence-electron chi connectivity index (χ2n) is 9.14. The first-order valence-corrected chi connectivity index (χ1v) is 13.3. The van der Waals surface area contributed by atoms with Crippen LogP contribution in [0.1, 0.15) is 41.4 Å². The van der Waals surface area contributed by atoms with E-state index in [1.165, 1.54) is 30.8 Å². The molecule has 0 radical (unpaired) electrons. The maximum Gasteiger partial charge on any atom is 0.261 e. The van der Waals surface area contributed by atoms with Gasteiger partial charge in [-0.3, -0.25) is 14.9 Å². The third-order valence-electron chi connectivity index (χ3n) is 6.79. The van der Waals surface area contributed by atoms with Crippen molar-refractivity contribution in [1.29, 1.82) is 0 Å². The lowest BCUT2D eigenvalue weighted by atomic mass is 9.90. The first-order valence-electron chi connectivity index (χ1n) is 12.1. The Bertz CT molecular complexity index is 1620. The molecule has 6 rings (SSSR count). The van der Waals surface area contributed by atoms with Gasteiger partial charge in [-0.05, 0) is 56.0 Å². The average molecular weight is 552 g/mol. The van der Waals surface area contributed by atoms with Gasteiger partial charge in [-0.2, -0.15) is 5.10 Å². The van der Waals surface area contributed by atoms with Gasteiger partial charge in [-0.25, -0.2) is 14.4 Å². The van der Waals surface area contributed by atoms with E-state index in [2.05, 4.69) is 30.0 Å². The van der Waals surface area contributed by atoms with E-state index >= 15 is 4.39 Å². The molecule has 1 aliphatic rings. The molecule has 1 amide bonds. The molecule has 0 aliphatic heterocycles. The number of pyridine rings is 1. The fourth-order valence-electron chi connectivity index (χ4n) is 5.04. The SMILES string of the molecule is COc1ccc(-c2nc3cnc(-c4ncn[nH]4)cc3n2[C@@H]2CCC[C@H](NC(=O)c3ccc(Cl)s3)C2)c(F)c1. The van der Waals surface area contributed by atoms with Crippen LogP contribution >= 0.6 is 22.9 Å². The molecule has 4 aromatic heterocycles. The second-order valence-corrected chi connectivity index (χ2v) is 10.9. The van der Waals surface area contributed by atoms with Gasteiger partial charge in [0, 0.05) is 18.2 Å². The highest BCUT2D eigenvalue weighted by molar-refractivity contribution is 7.18. The number of carbonyl (C=O) groups is 1. The number of imidazole rings is 1. The van der Waals surface area contributed by atoms with Crippen LogP contribution in [0.2, 0.25) is 4.34 Å². The molecule has 194 valence electrons. The maximum absolute atomic E-state index is 15.3. The van der Waals surface area contributed by atoms with E-state index in [0.29, 0.717) is 49.8 Å². The van der Waals surface area contributed by atoms with E-state index in [-0.39, 0.29) is 18.0 Å². The van der Waals surface area contributed by atoms with Crippen LogP contribution in [0.25, 0.3) is 33.9 Å². The molecule has 9 nitrogen and oxygen atoms in total. The molecular weight excluding hydrogens is 529 g/mol. The molecule has 5 aromatic rings. The summed E-state index contributed by atoms with van der Waals surface area (Å²) >= 11 is 7.28. The van der Waals surface area contributed by atoms with Crippen molar-refractivity contribution in [2.45, 2.75) is 37.8 Å². The number of hydrogen-bond donors (Lipinski definition) is 2. The third kappa shape index (κ3) is 4.63. The summed E-state index contributed by atoms with van der Waals surface area (Å²) in [7, 11) is 1.50. The van der Waals surface area contributed by atoms with E-state index in [4.69, 9.17) is 21.3 Å². The van der Waals surface area contributed by atoms with E-state index in [0.717, 1.165) is 24.8 Å². The number of methoxy groups -OCH3 is 1. The summed E-state index contributed by atoms with van der Waals surface area (Å²) in [5.74, 6) is 0.886. The van der Waals surface area contributed by atoms with Crippen molar-refractivity contribution >= 4 is 39.9 Å². The fraction of sp³-hybridized carbons (Fsp3) is 0.269. The zero-order valence-electron chi connectivity index (χ0n) is 20.3. The lowest BCUT2D eigenvalue weighted by Crippen LogP contribution is -2.38. The standard InChI is InChI=1S/C26H23ClFN7O2S/c1-37-16-5-6-17(18(28)10-16)25-33-20-12-29-19(24-30-13-31-34-24)11-21(20)35(25)15-4-2-3-14(9-15)32-26(36)22-7-8-23(27)38-22/h5-8,10-15H,2-4,9H2,1H3,(H,32,36)(H,30,31,34)/t14-,15+/m0/s1. The predicted octanol–water partition coefficient (Wildman–Crippen LogP) is 5.66. The summed E-state index contributed by atoms with van der Waals surface area (Å²) in [4.78, 5) is 26.9. The Morgan fingerprint density at radius 3 is 2.87 bits per heavy atom. The molecule has 1 aromatic carbocycles. The molecular formula is C26H23ClFN7O2S. The number of aromatic amines is 1. The molecule has 0 bridgehead atoms. The monoisotopic (exact) mass is 551 g/mol. The summed E-state index contributed by atoms with van der Waals surface area (Å²) in [6.45, 7) is 0. The highest BCUT2D eigenvalue weighted by Gasteiger charge is 2.29. The van der Waals surface area contributed by atoms with Crippen LogP contribution < -0.4 is 10.1 Å². The number of carbonyl (C=O) groups excluding carboxylic acids is 1. The Morgan fingerprint density at radius 1 is 1.24 bits per heavy atom. The van der Waals surface area contributed by atoms with Crippen LogP contribution in [0.5, 0.6) is 5.75 Å². The average Bonchev–Trinajstić information content (AvgIpc) is 3.68. The van der Waals surface area contributed by atoms with Gasteiger partial charge >= 0.3 is 0 Å². The van der Waals surface area contributed by atoms with Crippen molar-refractivity contribution in [3.8, 4) is 28.7 Å². The van der Waals surface area contributed by atoms with E-state index in [9.17, 15) is 4.79 Å². The highest BCUT2D eigenvalue weighted by atomic mass is 35.5. The number of H-pyrrole nitrogens is 1. The number of thiophene rings is 1. The quantitative estimate of drug-likeness (QED) is 0.282. The number of rotatable bonds is 6. The van der Waals surface area contributed by atoms with Gasteiger partial charge in [-0.1, -0.05) is 11.6 Å². The number of nitrogens with zero attached hydrogens (tertiary/aromatic N) is 5. The van der Waals surface area contributed by atoms with Crippen LogP contribution in [-0.4, -0.2) is 48.8 Å². The lowest BCUT2D eigenvalue weighted by molar-refractivity contribution is 0.0925. The van der Waals surface area contributed by atoms with Gasteiger partial charge in [0.25, 0.3) is 5.91 Å². The highest BCUT2D eigenvalue weighted by Crippen LogP contribution is 2.38. The smallest absolute Gasteiger partial charge is 0.261 e. The van der Waals surface area contributed by atoms with Gasteiger partial charge < -0.3 is 14.6 Å². The second kappa shape index (κ2) is 10.1. The molecule has 0 saturated heterocycles. The minimum absolute atomic E-state index is 0.0348. The van der Waals surface area contributed by atoms with Crippen LogP contribution in [-0.2, 0) is 0 Å². The van der Waals surface area contributed by atoms with Gasteiger partial charge in [0.2, 0.25) is 0 Å². The molecule has 1 aliphatic carbocycles. The van der Waals surface area contributed by atoms with Crippen LogP contribution in [0.4, 0.5) is 4.39 Å². The van der Waals surface area contributed by atoms with Gasteiger partial charge in [0.15, 0.2) is 5.82 Å². The minimum Gasteiger partial charge on any atom is -0.497 e. The Labute approximate surface area is 226 Å². The number of hydrogen-bond acceptors (Lipinski definition) is 7. The van der Waals surface area contributed by atoms with Gasteiger partial charge in [0.05, 0.1) is 33.6 Å². The number of halogens is 2. The van der Waals surface area contributed by atoms with Crippen molar-refractivity contribution in [1.82, 2.24) is 35.0 Å². The molecule has 2 N–H and O–H groups in total. The maximum atomic E-state index is 15.3. The molecule has 12 heteroatoms. The largest absolute Gasteiger partial charge is 0.497 e. The molecule has 1 saturated carbocycles. The summed E-state index contributed by atoms with van der Waals surface area (Å²) < 4.78 is 23.1. The lowest BCUT2D eigenvalue weighted by Gasteiger charge is -2.32. The summed E-state index contributed by atoms with van der Waals surface area (Å²) in [6.07, 6.45) is 6.35. The molecule has 4 heterocycles. The van der Waals surface area contributed by atoms with Gasteiger partial charge in [-0.15, -0.1) is 11.3 Å². The number of benzene rings is 1. The molecule has 38 heavy (non-hydrogen) atoms. The van der Waals surface area contributed by atoms with Crippen molar-refractivity contribution in [3.63, 3.8) is 0 Å². The number of aromatic nitrogens is 6. The molecule has 0 unspecified atom stereocenters. The number of nitrogens with one attached hydrogen (secondary N) is 2. The van der Waals surface area contributed by atoms with Crippen molar-refractivity contribution in [2.24, 2.45) is 0 Å². The number of ether oxygens (including phenoxy) is 1. The number of fused-ring (bicyclic) bond motifs is 1. The van der Waals surface area contributed by atoms with Crippen molar-refractivity contribution < 1.29 is 13.9 Å². The third-order valence-corrected chi connectivity index (χ3v) is 8.02. The van der Waals surface area contributed by atoms with E-state index < -0.39 is 5.82 Å². The summed E-state index contributed by atoms with van der Waals surface area (Å²) in [5, 5.41) is 9.93. The summed E-state index contributed by atoms with van der Waals surface area (Å²) in [5.41, 5.74) is 2.41. The topological polar surface area (TPSA) is 111 Å². The van der Waals surface area contributed by atoms with Crippen molar-refractivity contribution in [3.05, 3.63) is 64.0 Å². The van der Waals surface area contributed by atoms with Crippen molar-refractivity contribution in [2.75, 3.05) is 7.11 Å². The predicted molar refractivity (Wildman–Crippen MR) is 143 cm³/mol. The zero-order chi connectivity index (χ0) is 26.2. The number of amides is 1. The Morgan fingerprint density at radius 2 is 2.13 bits per heavy atom. The molecule has 1 fully saturated rings. The summed E-state index contributed by atoms with van der Waals surface area (Å²) in [6, 6.07) is 10.0.